The van der Waals surface area contributed by atoms with Gasteiger partial charge in [0.25, 0.3) is 5.91 Å². The first-order valence-electron chi connectivity index (χ1n) is 6.26. The van der Waals surface area contributed by atoms with E-state index in [4.69, 9.17) is 5.11 Å². The van der Waals surface area contributed by atoms with Crippen LogP contribution in [-0.4, -0.2) is 53.4 Å². The second-order valence-corrected chi connectivity index (χ2v) is 4.41. The van der Waals surface area contributed by atoms with Crippen molar-refractivity contribution in [3.05, 3.63) is 35.7 Å². The Morgan fingerprint density at radius 1 is 1.38 bits per heavy atom. The average molecular weight is 291 g/mol. The van der Waals surface area contributed by atoms with Crippen molar-refractivity contribution >= 4 is 23.9 Å². The minimum atomic E-state index is -1.11. The molecule has 7 heteroatoms. The summed E-state index contributed by atoms with van der Waals surface area (Å²) in [6.07, 6.45) is 3.86. The fourth-order valence-corrected chi connectivity index (χ4v) is 1.49. The number of aromatic nitrogens is 1. The predicted molar refractivity (Wildman–Crippen MR) is 76.6 cm³/mol. The molecule has 2 amide bonds. The summed E-state index contributed by atoms with van der Waals surface area (Å²) in [6.45, 7) is 0.189. The summed E-state index contributed by atoms with van der Waals surface area (Å²) in [7, 11) is 3.27. The van der Waals surface area contributed by atoms with Gasteiger partial charge in [0.1, 0.15) is 5.69 Å². The number of carbonyl (C=O) groups is 3. The smallest absolute Gasteiger partial charge is 0.328 e. The molecule has 0 aromatic carbocycles. The Labute approximate surface area is 122 Å². The van der Waals surface area contributed by atoms with E-state index in [1.54, 1.807) is 26.2 Å². The third kappa shape index (κ3) is 5.43. The Bertz CT molecular complexity index is 567. The van der Waals surface area contributed by atoms with Crippen LogP contribution in [0.5, 0.6) is 0 Å². The largest absolute Gasteiger partial charge is 0.478 e. The molecule has 0 aliphatic carbocycles. The second kappa shape index (κ2) is 7.78. The summed E-state index contributed by atoms with van der Waals surface area (Å²) in [6, 6.07) is 3.19. The summed E-state index contributed by atoms with van der Waals surface area (Å²) in [5.74, 6) is -1.66. The van der Waals surface area contributed by atoms with Gasteiger partial charge in [-0.25, -0.2) is 4.79 Å². The Morgan fingerprint density at radius 2 is 2.10 bits per heavy atom. The highest BCUT2D eigenvalue weighted by Crippen LogP contribution is 2.07. The molecule has 0 spiro atoms. The molecule has 0 radical (unpaired) electrons. The Balaban J connectivity index is 2.70. The number of carbonyl (C=O) groups excluding carboxylic acids is 2. The van der Waals surface area contributed by atoms with Gasteiger partial charge in [-0.15, -0.1) is 0 Å². The van der Waals surface area contributed by atoms with E-state index in [2.05, 4.69) is 10.3 Å². The van der Waals surface area contributed by atoms with Crippen molar-refractivity contribution < 1.29 is 19.5 Å². The van der Waals surface area contributed by atoms with Crippen molar-refractivity contribution in [2.45, 2.75) is 6.42 Å². The van der Waals surface area contributed by atoms with Crippen LogP contribution < -0.4 is 5.32 Å². The van der Waals surface area contributed by atoms with Crippen molar-refractivity contribution in [3.63, 3.8) is 0 Å². The summed E-state index contributed by atoms with van der Waals surface area (Å²) in [5.41, 5.74) is 0.517. The van der Waals surface area contributed by atoms with Crippen molar-refractivity contribution in [2.24, 2.45) is 0 Å². The number of hydrogen-bond acceptors (Lipinski definition) is 4. The first-order valence-corrected chi connectivity index (χ1v) is 6.26. The molecule has 1 aromatic heterocycles. The number of pyridine rings is 1. The normalized spacial score (nSPS) is 10.4. The quantitative estimate of drug-likeness (QED) is 0.738. The van der Waals surface area contributed by atoms with Gasteiger partial charge in [0.2, 0.25) is 5.91 Å². The van der Waals surface area contributed by atoms with E-state index >= 15 is 0 Å². The molecule has 0 bridgehead atoms. The van der Waals surface area contributed by atoms with Gasteiger partial charge in [-0.2, -0.15) is 0 Å². The lowest BCUT2D eigenvalue weighted by atomic mass is 10.1. The summed E-state index contributed by atoms with van der Waals surface area (Å²) in [4.78, 5) is 39.3. The number of rotatable bonds is 6. The van der Waals surface area contributed by atoms with Gasteiger partial charge in [-0.1, -0.05) is 6.07 Å². The molecule has 2 N–H and O–H groups in total. The molecule has 21 heavy (non-hydrogen) atoms. The first-order chi connectivity index (χ1) is 9.91. The van der Waals surface area contributed by atoms with Crippen molar-refractivity contribution in [3.8, 4) is 0 Å². The third-order valence-electron chi connectivity index (χ3n) is 2.58. The monoisotopic (exact) mass is 291 g/mol. The van der Waals surface area contributed by atoms with Gasteiger partial charge in [0, 0.05) is 44.9 Å². The number of nitrogens with one attached hydrogen (secondary N) is 1. The zero-order chi connectivity index (χ0) is 15.8. The third-order valence-corrected chi connectivity index (χ3v) is 2.58. The van der Waals surface area contributed by atoms with E-state index in [0.29, 0.717) is 5.56 Å². The maximum Gasteiger partial charge on any atom is 0.328 e. The van der Waals surface area contributed by atoms with Crippen molar-refractivity contribution in [1.82, 2.24) is 15.2 Å². The van der Waals surface area contributed by atoms with Crippen LogP contribution in [0.1, 0.15) is 22.5 Å². The predicted octanol–water partition coefficient (Wildman–Crippen LogP) is 0.387. The number of nitrogens with zero attached hydrogens (tertiary/aromatic N) is 2. The van der Waals surface area contributed by atoms with Crippen LogP contribution >= 0.6 is 0 Å². The Kier molecular flexibility index (Phi) is 6.06. The molecule has 1 aromatic rings. The maximum atomic E-state index is 12.0. The zero-order valence-corrected chi connectivity index (χ0v) is 11.9. The van der Waals surface area contributed by atoms with Crippen LogP contribution in [0.2, 0.25) is 0 Å². The molecule has 0 aliphatic rings. The van der Waals surface area contributed by atoms with Crippen LogP contribution in [0.4, 0.5) is 0 Å². The van der Waals surface area contributed by atoms with Gasteiger partial charge in [0.05, 0.1) is 0 Å². The van der Waals surface area contributed by atoms with E-state index in [0.717, 1.165) is 6.08 Å². The van der Waals surface area contributed by atoms with E-state index in [1.807, 2.05) is 0 Å². The molecule has 0 saturated carbocycles. The molecule has 0 atom stereocenters. The van der Waals surface area contributed by atoms with Gasteiger partial charge >= 0.3 is 5.97 Å². The number of carboxylic acid groups (broad SMARTS) is 1. The zero-order valence-electron chi connectivity index (χ0n) is 11.9. The van der Waals surface area contributed by atoms with Crippen LogP contribution in [-0.2, 0) is 9.59 Å². The molecule has 112 valence electrons. The lowest BCUT2D eigenvalue weighted by molar-refractivity contribution is -0.131. The van der Waals surface area contributed by atoms with Gasteiger partial charge in [-0.3, -0.25) is 14.6 Å². The Hall–Kier alpha value is -2.70. The minimum absolute atomic E-state index is 0.0951. The number of amides is 2. The highest BCUT2D eigenvalue weighted by Gasteiger charge is 2.12. The van der Waals surface area contributed by atoms with Crippen LogP contribution in [0, 0.1) is 0 Å². The van der Waals surface area contributed by atoms with Crippen molar-refractivity contribution in [2.75, 3.05) is 20.6 Å². The van der Waals surface area contributed by atoms with E-state index in [-0.39, 0.29) is 24.6 Å². The van der Waals surface area contributed by atoms with E-state index < -0.39 is 11.9 Å². The summed E-state index contributed by atoms with van der Waals surface area (Å²) < 4.78 is 0. The molecular formula is C14H17N3O4. The Morgan fingerprint density at radius 3 is 2.71 bits per heavy atom. The fraction of sp³-hybridized carbons (Fsp3) is 0.286. The fourth-order valence-electron chi connectivity index (χ4n) is 1.49. The summed E-state index contributed by atoms with van der Waals surface area (Å²) in [5, 5.41) is 11.2. The molecular weight excluding hydrogens is 274 g/mol. The van der Waals surface area contributed by atoms with Crippen LogP contribution in [0.15, 0.2) is 24.4 Å². The first kappa shape index (κ1) is 16.4. The summed E-state index contributed by atoms with van der Waals surface area (Å²) >= 11 is 0. The SMILES string of the molecule is CN(C)C(=O)CCNC(=O)c1ncccc1/C=C/C(=O)O. The lowest BCUT2D eigenvalue weighted by Crippen LogP contribution is -2.31. The van der Waals surface area contributed by atoms with Gasteiger partial charge in [0.15, 0.2) is 0 Å². The number of carboxylic acids is 1. The van der Waals surface area contributed by atoms with Crippen LogP contribution in [0.3, 0.4) is 0 Å². The van der Waals surface area contributed by atoms with E-state index in [9.17, 15) is 14.4 Å². The topological polar surface area (TPSA) is 99.6 Å². The number of hydrogen-bond donors (Lipinski definition) is 2. The lowest BCUT2D eigenvalue weighted by Gasteiger charge is -2.10. The van der Waals surface area contributed by atoms with E-state index in [1.165, 1.54) is 17.2 Å². The van der Waals surface area contributed by atoms with Crippen LogP contribution in [0.25, 0.3) is 6.08 Å². The molecule has 0 aliphatic heterocycles. The van der Waals surface area contributed by atoms with Gasteiger partial charge < -0.3 is 15.3 Å². The highest BCUT2D eigenvalue weighted by atomic mass is 16.4. The van der Waals surface area contributed by atoms with Gasteiger partial charge in [-0.05, 0) is 12.1 Å². The highest BCUT2D eigenvalue weighted by molar-refractivity contribution is 5.97. The molecule has 1 rings (SSSR count). The average Bonchev–Trinajstić information content (AvgIpc) is 2.44. The van der Waals surface area contributed by atoms with Crippen molar-refractivity contribution in [1.29, 1.82) is 0 Å². The maximum absolute atomic E-state index is 12.0. The molecule has 1 heterocycles. The minimum Gasteiger partial charge on any atom is -0.478 e. The second-order valence-electron chi connectivity index (χ2n) is 4.41. The number of aliphatic carboxylic acids is 1. The molecule has 0 unspecified atom stereocenters. The molecule has 0 fully saturated rings. The molecule has 0 saturated heterocycles. The molecule has 7 nitrogen and oxygen atoms in total. The standard InChI is InChI=1S/C14H17N3O4/c1-17(2)11(18)7-9-16-14(21)13-10(4-3-8-15-13)5-6-12(19)20/h3-6,8H,7,9H2,1-2H3,(H,16,21)(H,19,20)/b6-5+.